The van der Waals surface area contributed by atoms with Crippen molar-refractivity contribution in [2.24, 2.45) is 5.73 Å². The standard InChI is InChI=1S/C10H15NO2.ClH/c1-7-2-3-10(13)8(6-7)9(11)4-5-12;/h2-3,6,9,12-13H,4-5,11H2,1H3;1H/t9-;/m1./s1. The van der Waals surface area contributed by atoms with Crippen LogP contribution in [0.15, 0.2) is 18.2 Å². The fourth-order valence-electron chi connectivity index (χ4n) is 1.27. The van der Waals surface area contributed by atoms with E-state index in [2.05, 4.69) is 0 Å². The van der Waals surface area contributed by atoms with E-state index in [0.29, 0.717) is 12.0 Å². The van der Waals surface area contributed by atoms with Gasteiger partial charge >= 0.3 is 0 Å². The van der Waals surface area contributed by atoms with Crippen LogP contribution in [0.1, 0.15) is 23.6 Å². The lowest BCUT2D eigenvalue weighted by Gasteiger charge is -2.12. The molecule has 0 aliphatic heterocycles. The predicted molar refractivity (Wildman–Crippen MR) is 58.7 cm³/mol. The molecule has 0 amide bonds. The van der Waals surface area contributed by atoms with Crippen molar-refractivity contribution in [3.05, 3.63) is 29.3 Å². The minimum Gasteiger partial charge on any atom is -0.508 e. The van der Waals surface area contributed by atoms with Gasteiger partial charge in [-0.05, 0) is 19.4 Å². The first-order valence-electron chi connectivity index (χ1n) is 4.31. The number of aryl methyl sites for hydroxylation is 1. The van der Waals surface area contributed by atoms with E-state index in [1.165, 1.54) is 0 Å². The Morgan fingerprint density at radius 3 is 2.64 bits per heavy atom. The maximum Gasteiger partial charge on any atom is 0.120 e. The molecule has 0 fully saturated rings. The zero-order valence-corrected chi connectivity index (χ0v) is 8.92. The van der Waals surface area contributed by atoms with Gasteiger partial charge in [0.2, 0.25) is 0 Å². The van der Waals surface area contributed by atoms with E-state index < -0.39 is 0 Å². The second kappa shape index (κ2) is 5.86. The highest BCUT2D eigenvalue weighted by molar-refractivity contribution is 5.85. The third kappa shape index (κ3) is 3.18. The van der Waals surface area contributed by atoms with Crippen LogP contribution in [-0.2, 0) is 0 Å². The Bertz CT molecular complexity index is 291. The molecule has 0 heterocycles. The quantitative estimate of drug-likeness (QED) is 0.719. The van der Waals surface area contributed by atoms with Crippen LogP contribution in [0.25, 0.3) is 0 Å². The van der Waals surface area contributed by atoms with E-state index in [4.69, 9.17) is 10.8 Å². The predicted octanol–water partition coefficient (Wildman–Crippen LogP) is 1.50. The lowest BCUT2D eigenvalue weighted by atomic mass is 10.0. The Morgan fingerprint density at radius 1 is 1.43 bits per heavy atom. The van der Waals surface area contributed by atoms with Gasteiger partial charge in [-0.15, -0.1) is 12.4 Å². The third-order valence-electron chi connectivity index (χ3n) is 2.02. The molecule has 1 aromatic carbocycles. The van der Waals surface area contributed by atoms with E-state index in [9.17, 15) is 5.11 Å². The summed E-state index contributed by atoms with van der Waals surface area (Å²) in [5.74, 6) is 0.201. The van der Waals surface area contributed by atoms with E-state index in [1.807, 2.05) is 19.1 Å². The summed E-state index contributed by atoms with van der Waals surface area (Å²) in [6.45, 7) is 1.98. The Labute approximate surface area is 90.0 Å². The molecule has 1 aromatic rings. The van der Waals surface area contributed by atoms with Crippen molar-refractivity contribution in [3.63, 3.8) is 0 Å². The number of halogens is 1. The Balaban J connectivity index is 0.00000169. The molecule has 0 aliphatic carbocycles. The van der Waals surface area contributed by atoms with E-state index in [-0.39, 0.29) is 30.8 Å². The van der Waals surface area contributed by atoms with Crippen LogP contribution in [0, 0.1) is 6.92 Å². The molecule has 4 N–H and O–H groups in total. The lowest BCUT2D eigenvalue weighted by Crippen LogP contribution is -2.12. The number of aromatic hydroxyl groups is 1. The van der Waals surface area contributed by atoms with Crippen LogP contribution in [0.3, 0.4) is 0 Å². The number of phenolic OH excluding ortho intramolecular Hbond substituents is 1. The molecule has 0 saturated heterocycles. The molecule has 1 atom stereocenters. The third-order valence-corrected chi connectivity index (χ3v) is 2.02. The Morgan fingerprint density at radius 2 is 2.07 bits per heavy atom. The summed E-state index contributed by atoms with van der Waals surface area (Å²) in [5, 5.41) is 18.2. The maximum absolute atomic E-state index is 9.47. The van der Waals surface area contributed by atoms with Crippen molar-refractivity contribution in [2.45, 2.75) is 19.4 Å². The Kier molecular flexibility index (Phi) is 5.53. The Hall–Kier alpha value is -0.770. The van der Waals surface area contributed by atoms with Gasteiger partial charge in [-0.1, -0.05) is 17.7 Å². The van der Waals surface area contributed by atoms with Gasteiger partial charge < -0.3 is 15.9 Å². The number of phenols is 1. The average molecular weight is 218 g/mol. The van der Waals surface area contributed by atoms with Gasteiger partial charge in [0.15, 0.2) is 0 Å². The molecule has 14 heavy (non-hydrogen) atoms. The maximum atomic E-state index is 9.47. The van der Waals surface area contributed by atoms with Crippen molar-refractivity contribution in [3.8, 4) is 5.75 Å². The number of aliphatic hydroxyl groups excluding tert-OH is 1. The van der Waals surface area contributed by atoms with Crippen LogP contribution >= 0.6 is 12.4 Å². The van der Waals surface area contributed by atoms with E-state index >= 15 is 0 Å². The van der Waals surface area contributed by atoms with Gasteiger partial charge in [-0.3, -0.25) is 0 Å². The molecule has 3 nitrogen and oxygen atoms in total. The SMILES string of the molecule is Cc1ccc(O)c([C@H](N)CCO)c1.Cl. The van der Waals surface area contributed by atoms with Crippen LogP contribution in [0.5, 0.6) is 5.75 Å². The number of nitrogens with two attached hydrogens (primary N) is 1. The molecule has 0 unspecified atom stereocenters. The lowest BCUT2D eigenvalue weighted by molar-refractivity contribution is 0.275. The van der Waals surface area contributed by atoms with Gasteiger partial charge in [0.1, 0.15) is 5.75 Å². The molecular weight excluding hydrogens is 202 g/mol. The largest absolute Gasteiger partial charge is 0.508 e. The molecule has 0 aliphatic rings. The summed E-state index contributed by atoms with van der Waals surface area (Å²) < 4.78 is 0. The van der Waals surface area contributed by atoms with Crippen molar-refractivity contribution >= 4 is 12.4 Å². The molecule has 0 bridgehead atoms. The summed E-state index contributed by atoms with van der Waals surface area (Å²) in [6.07, 6.45) is 0.469. The summed E-state index contributed by atoms with van der Waals surface area (Å²) in [4.78, 5) is 0. The molecular formula is C10H16ClNO2. The molecule has 0 saturated carbocycles. The van der Waals surface area contributed by atoms with Crippen LogP contribution < -0.4 is 5.73 Å². The van der Waals surface area contributed by atoms with Gasteiger partial charge in [0, 0.05) is 18.2 Å². The van der Waals surface area contributed by atoms with E-state index in [1.54, 1.807) is 6.07 Å². The normalized spacial score (nSPS) is 11.9. The molecule has 4 heteroatoms. The number of aliphatic hydroxyl groups is 1. The monoisotopic (exact) mass is 217 g/mol. The highest BCUT2D eigenvalue weighted by atomic mass is 35.5. The summed E-state index contributed by atoms with van der Waals surface area (Å²) in [5.41, 5.74) is 7.51. The smallest absolute Gasteiger partial charge is 0.120 e. The molecule has 0 radical (unpaired) electrons. The first-order chi connectivity index (χ1) is 6.15. The van der Waals surface area contributed by atoms with Crippen molar-refractivity contribution in [1.29, 1.82) is 0 Å². The summed E-state index contributed by atoms with van der Waals surface area (Å²) in [6, 6.07) is 5.01. The van der Waals surface area contributed by atoms with Crippen molar-refractivity contribution in [1.82, 2.24) is 0 Å². The summed E-state index contributed by atoms with van der Waals surface area (Å²) >= 11 is 0. The zero-order valence-electron chi connectivity index (χ0n) is 8.10. The van der Waals surface area contributed by atoms with Crippen molar-refractivity contribution in [2.75, 3.05) is 6.61 Å². The topological polar surface area (TPSA) is 66.5 Å². The number of hydrogen-bond acceptors (Lipinski definition) is 3. The van der Waals surface area contributed by atoms with Crippen LogP contribution in [0.4, 0.5) is 0 Å². The first-order valence-corrected chi connectivity index (χ1v) is 4.31. The molecule has 80 valence electrons. The molecule has 1 rings (SSSR count). The molecule has 0 spiro atoms. The van der Waals surface area contributed by atoms with Gasteiger partial charge in [0.05, 0.1) is 0 Å². The highest BCUT2D eigenvalue weighted by Gasteiger charge is 2.09. The van der Waals surface area contributed by atoms with Crippen LogP contribution in [0.2, 0.25) is 0 Å². The number of hydrogen-bond donors (Lipinski definition) is 3. The highest BCUT2D eigenvalue weighted by Crippen LogP contribution is 2.25. The minimum absolute atomic E-state index is 0. The fraction of sp³-hybridized carbons (Fsp3) is 0.400. The number of benzene rings is 1. The molecule has 0 aromatic heterocycles. The second-order valence-electron chi connectivity index (χ2n) is 3.18. The minimum atomic E-state index is -0.287. The van der Waals surface area contributed by atoms with Gasteiger partial charge in [-0.2, -0.15) is 0 Å². The number of rotatable bonds is 3. The zero-order chi connectivity index (χ0) is 9.84. The van der Waals surface area contributed by atoms with E-state index in [0.717, 1.165) is 5.56 Å². The second-order valence-corrected chi connectivity index (χ2v) is 3.18. The summed E-state index contributed by atoms with van der Waals surface area (Å²) in [7, 11) is 0. The van der Waals surface area contributed by atoms with Crippen LogP contribution in [-0.4, -0.2) is 16.8 Å². The first kappa shape index (κ1) is 13.2. The van der Waals surface area contributed by atoms with Gasteiger partial charge in [0.25, 0.3) is 0 Å². The fourth-order valence-corrected chi connectivity index (χ4v) is 1.27. The van der Waals surface area contributed by atoms with Gasteiger partial charge in [-0.25, -0.2) is 0 Å². The van der Waals surface area contributed by atoms with Crippen molar-refractivity contribution < 1.29 is 10.2 Å². The average Bonchev–Trinajstić information content (AvgIpc) is 2.09.